The lowest BCUT2D eigenvalue weighted by Gasteiger charge is -2.43. The van der Waals surface area contributed by atoms with E-state index in [0.717, 1.165) is 11.1 Å². The predicted molar refractivity (Wildman–Crippen MR) is 108 cm³/mol. The highest BCUT2D eigenvalue weighted by molar-refractivity contribution is 6.33. The van der Waals surface area contributed by atoms with Crippen LogP contribution in [-0.2, 0) is 20.7 Å². The highest BCUT2D eigenvalue weighted by atomic mass is 35.5. The fourth-order valence-corrected chi connectivity index (χ4v) is 4.20. The van der Waals surface area contributed by atoms with Gasteiger partial charge in [-0.2, -0.15) is 0 Å². The van der Waals surface area contributed by atoms with Crippen molar-refractivity contribution in [3.05, 3.63) is 58.4 Å². The lowest BCUT2D eigenvalue weighted by Crippen LogP contribution is -2.58. The van der Waals surface area contributed by atoms with Gasteiger partial charge >= 0.3 is 0 Å². The summed E-state index contributed by atoms with van der Waals surface area (Å²) in [6.45, 7) is 8.78. The summed E-state index contributed by atoms with van der Waals surface area (Å²) in [6.07, 6.45) is 0.640. The van der Waals surface area contributed by atoms with Crippen molar-refractivity contribution >= 4 is 23.2 Å². The van der Waals surface area contributed by atoms with Gasteiger partial charge in [0.1, 0.15) is 22.9 Å². The summed E-state index contributed by atoms with van der Waals surface area (Å²) in [5, 5.41) is 0.315. The van der Waals surface area contributed by atoms with E-state index in [-0.39, 0.29) is 11.6 Å². The van der Waals surface area contributed by atoms with Gasteiger partial charge in [-0.3, -0.25) is 9.59 Å². The van der Waals surface area contributed by atoms with E-state index in [1.807, 2.05) is 25.1 Å². The Kier molecular flexibility index (Phi) is 5.24. The minimum Gasteiger partial charge on any atom is -0.354 e. The third-order valence-electron chi connectivity index (χ3n) is 5.30. The van der Waals surface area contributed by atoms with E-state index in [0.29, 0.717) is 22.6 Å². The molecule has 3 rings (SSSR count). The Morgan fingerprint density at radius 3 is 2.14 bits per heavy atom. The Hall–Kier alpha value is -2.04. The molecule has 0 amide bonds. The van der Waals surface area contributed by atoms with Crippen molar-refractivity contribution in [2.75, 3.05) is 0 Å². The monoisotopic (exact) mass is 402 g/mol. The second-order valence-electron chi connectivity index (χ2n) is 8.18. The normalized spacial score (nSPS) is 19.1. The van der Waals surface area contributed by atoms with E-state index in [9.17, 15) is 14.0 Å². The van der Waals surface area contributed by atoms with Crippen LogP contribution in [0.15, 0.2) is 36.4 Å². The Morgan fingerprint density at radius 1 is 1.00 bits per heavy atom. The molecule has 0 N–H and O–H groups in total. The molecule has 5 heteroatoms. The van der Waals surface area contributed by atoms with Crippen LogP contribution in [0.1, 0.15) is 51.7 Å². The van der Waals surface area contributed by atoms with Gasteiger partial charge in [0.2, 0.25) is 0 Å². The molecular weight excluding hydrogens is 379 g/mol. The maximum Gasteiger partial charge on any atom is 0.179 e. The van der Waals surface area contributed by atoms with Crippen LogP contribution in [0.4, 0.5) is 4.39 Å². The number of halogens is 2. The smallest absolute Gasteiger partial charge is 0.179 e. The molecule has 0 unspecified atom stereocenters. The summed E-state index contributed by atoms with van der Waals surface area (Å²) >= 11 is 6.20. The molecule has 0 radical (unpaired) electrons. The predicted octanol–water partition coefficient (Wildman–Crippen LogP) is 5.52. The molecule has 0 aliphatic carbocycles. The summed E-state index contributed by atoms with van der Waals surface area (Å²) in [7, 11) is 0. The molecule has 28 heavy (non-hydrogen) atoms. The first-order valence-corrected chi connectivity index (χ1v) is 9.73. The number of Topliss-reactive ketones (excluding diaryl/α,β-unsaturated/α-hetero) is 2. The molecule has 2 aromatic carbocycles. The van der Waals surface area contributed by atoms with Crippen molar-refractivity contribution in [1.82, 2.24) is 0 Å². The Balaban J connectivity index is 2.12. The Labute approximate surface area is 169 Å². The van der Waals surface area contributed by atoms with Crippen molar-refractivity contribution in [2.45, 2.75) is 58.2 Å². The number of ether oxygens (including phenoxy) is 1. The van der Waals surface area contributed by atoms with Gasteiger partial charge in [0.05, 0.1) is 5.02 Å². The molecule has 2 aromatic rings. The second kappa shape index (κ2) is 7.09. The molecule has 1 saturated heterocycles. The number of hydrogen-bond acceptors (Lipinski definition) is 3. The van der Waals surface area contributed by atoms with Crippen molar-refractivity contribution in [3.8, 4) is 11.1 Å². The minimum atomic E-state index is -1.05. The molecular formula is C23H24ClFO3. The van der Waals surface area contributed by atoms with Crippen LogP contribution in [0.3, 0.4) is 0 Å². The van der Waals surface area contributed by atoms with Crippen molar-refractivity contribution in [3.63, 3.8) is 0 Å². The number of carbonyl (C=O) groups is 2. The van der Waals surface area contributed by atoms with E-state index in [2.05, 4.69) is 0 Å². The zero-order chi connectivity index (χ0) is 20.9. The number of hydrogen-bond donors (Lipinski definition) is 0. The van der Waals surface area contributed by atoms with E-state index in [4.69, 9.17) is 16.3 Å². The molecule has 0 aromatic heterocycles. The lowest BCUT2D eigenvalue weighted by molar-refractivity contribution is -0.184. The largest absolute Gasteiger partial charge is 0.354 e. The molecule has 0 atom stereocenters. The highest BCUT2D eigenvalue weighted by Gasteiger charge is 2.53. The molecule has 1 aliphatic rings. The fourth-order valence-electron chi connectivity index (χ4n) is 3.92. The maximum absolute atomic E-state index is 13.4. The third kappa shape index (κ3) is 3.51. The third-order valence-corrected chi connectivity index (χ3v) is 5.61. The van der Waals surface area contributed by atoms with Gasteiger partial charge in [0.15, 0.2) is 11.6 Å². The zero-order valence-corrected chi connectivity index (χ0v) is 17.5. The molecule has 3 nitrogen and oxygen atoms in total. The van der Waals surface area contributed by atoms with Gasteiger partial charge in [-0.25, -0.2) is 4.39 Å². The molecule has 1 heterocycles. The number of rotatable bonds is 3. The Morgan fingerprint density at radius 2 is 1.61 bits per heavy atom. The molecule has 148 valence electrons. The fraction of sp³-hybridized carbons (Fsp3) is 0.391. The number of benzene rings is 2. The SMILES string of the molecule is CCc1cc(-c2ccc(F)cc2Cl)ccc1C1C(=O)C(C)(C)OC(C)(C)C1=O. The minimum absolute atomic E-state index is 0.237. The molecule has 1 aliphatic heterocycles. The van der Waals surface area contributed by atoms with Crippen LogP contribution in [0, 0.1) is 5.82 Å². The summed E-state index contributed by atoms with van der Waals surface area (Å²) in [6, 6.07) is 9.81. The van der Waals surface area contributed by atoms with Crippen LogP contribution in [0.25, 0.3) is 11.1 Å². The van der Waals surface area contributed by atoms with Crippen molar-refractivity contribution in [2.24, 2.45) is 0 Å². The molecule has 0 bridgehead atoms. The van der Waals surface area contributed by atoms with Gasteiger partial charge < -0.3 is 4.74 Å². The van der Waals surface area contributed by atoms with E-state index in [1.54, 1.807) is 33.8 Å². The quantitative estimate of drug-likeness (QED) is 0.635. The van der Waals surface area contributed by atoms with Gasteiger partial charge in [-0.15, -0.1) is 0 Å². The topological polar surface area (TPSA) is 43.4 Å². The average molecular weight is 403 g/mol. The molecule has 0 spiro atoms. The Bertz CT molecular complexity index is 936. The number of aryl methyl sites for hydroxylation is 1. The standard InChI is InChI=1S/C23H24ClFO3/c1-6-13-11-14(16-10-8-15(25)12-18(16)24)7-9-17(13)19-20(26)22(2,3)28-23(4,5)21(19)27/h7-12,19H,6H2,1-5H3. The summed E-state index contributed by atoms with van der Waals surface area (Å²) in [4.78, 5) is 26.1. The lowest BCUT2D eigenvalue weighted by atomic mass is 9.73. The van der Waals surface area contributed by atoms with Crippen LogP contribution in [0.5, 0.6) is 0 Å². The summed E-state index contributed by atoms with van der Waals surface area (Å²) < 4.78 is 19.2. The van der Waals surface area contributed by atoms with Gasteiger partial charge in [-0.05, 0) is 69.0 Å². The summed E-state index contributed by atoms with van der Waals surface area (Å²) in [5.41, 5.74) is 1.01. The van der Waals surface area contributed by atoms with Crippen LogP contribution in [-0.4, -0.2) is 22.8 Å². The molecule has 0 saturated carbocycles. The van der Waals surface area contributed by atoms with Crippen molar-refractivity contribution in [1.29, 1.82) is 0 Å². The summed E-state index contributed by atoms with van der Waals surface area (Å²) in [5.74, 6) is -1.74. The highest BCUT2D eigenvalue weighted by Crippen LogP contribution is 2.40. The van der Waals surface area contributed by atoms with E-state index < -0.39 is 22.9 Å². The zero-order valence-electron chi connectivity index (χ0n) is 16.7. The first-order valence-electron chi connectivity index (χ1n) is 9.35. The maximum atomic E-state index is 13.4. The van der Waals surface area contributed by atoms with E-state index in [1.165, 1.54) is 12.1 Å². The van der Waals surface area contributed by atoms with Gasteiger partial charge in [-0.1, -0.05) is 36.7 Å². The number of ketones is 2. The second-order valence-corrected chi connectivity index (χ2v) is 8.58. The first-order chi connectivity index (χ1) is 13.0. The van der Waals surface area contributed by atoms with Gasteiger partial charge in [0.25, 0.3) is 0 Å². The van der Waals surface area contributed by atoms with Crippen molar-refractivity contribution < 1.29 is 18.7 Å². The van der Waals surface area contributed by atoms with Crippen LogP contribution < -0.4 is 0 Å². The molecule has 1 fully saturated rings. The van der Waals surface area contributed by atoms with Crippen LogP contribution >= 0.6 is 11.6 Å². The van der Waals surface area contributed by atoms with E-state index >= 15 is 0 Å². The number of carbonyl (C=O) groups excluding carboxylic acids is 2. The van der Waals surface area contributed by atoms with Gasteiger partial charge in [0, 0.05) is 5.56 Å². The average Bonchev–Trinajstić information content (AvgIpc) is 2.60. The van der Waals surface area contributed by atoms with Crippen LogP contribution in [0.2, 0.25) is 5.02 Å². The first kappa shape index (κ1) is 20.7.